The molecule has 2 atom stereocenters. The third kappa shape index (κ3) is 3.37. The van der Waals surface area contributed by atoms with Gasteiger partial charge in [-0.25, -0.2) is 4.68 Å². The number of para-hydroxylation sites is 1. The van der Waals surface area contributed by atoms with Crippen molar-refractivity contribution in [3.05, 3.63) is 72.4 Å². The monoisotopic (exact) mass is 317 g/mol. The first-order chi connectivity index (χ1) is 11.7. The normalized spacial score (nSPS) is 13.2. The lowest BCUT2D eigenvalue weighted by Crippen LogP contribution is -3.11. The Kier molecular flexibility index (Phi) is 4.74. The number of aromatic nitrogens is 2. The molecule has 0 aliphatic carbocycles. The maximum absolute atomic E-state index is 9.16. The number of rotatable bonds is 5. The second kappa shape index (κ2) is 7.12. The number of nitrogens with one attached hydrogen (secondary N) is 1. The molecule has 120 valence electrons. The van der Waals surface area contributed by atoms with Gasteiger partial charge in [0.15, 0.2) is 6.04 Å². The molecule has 4 nitrogen and oxygen atoms in total. The number of hydrogen-bond acceptors (Lipinski definition) is 2. The highest BCUT2D eigenvalue weighted by molar-refractivity contribution is 5.63. The van der Waals surface area contributed by atoms with E-state index in [2.05, 4.69) is 24.4 Å². The zero-order valence-corrected chi connectivity index (χ0v) is 14.0. The van der Waals surface area contributed by atoms with Crippen molar-refractivity contribution in [3.63, 3.8) is 0 Å². The second-order valence-corrected chi connectivity index (χ2v) is 6.02. The molecular formula is C20H21N4+. The van der Waals surface area contributed by atoms with Gasteiger partial charge in [-0.3, -0.25) is 0 Å². The van der Waals surface area contributed by atoms with Crippen molar-refractivity contribution >= 4 is 0 Å². The Balaban J connectivity index is 2.02. The van der Waals surface area contributed by atoms with E-state index in [1.54, 1.807) is 0 Å². The molecule has 0 aliphatic heterocycles. The molecule has 1 unspecified atom stereocenters. The summed E-state index contributed by atoms with van der Waals surface area (Å²) in [7, 11) is 2.04. The average molecular weight is 317 g/mol. The standard InChI is InChI=1S/C20H20N4/c1-16(13-21)23(2)14-18-15-24(19-11-7-4-8-12-19)22-20(18)17-9-5-3-6-10-17/h3-12,15-16H,14H2,1-2H3/p+1/t16-/m0/s1. The molecular weight excluding hydrogens is 296 g/mol. The van der Waals surface area contributed by atoms with Crippen molar-refractivity contribution in [2.24, 2.45) is 0 Å². The third-order valence-electron chi connectivity index (χ3n) is 4.26. The van der Waals surface area contributed by atoms with Gasteiger partial charge < -0.3 is 4.90 Å². The first kappa shape index (κ1) is 16.0. The van der Waals surface area contributed by atoms with Crippen LogP contribution in [0.25, 0.3) is 16.9 Å². The van der Waals surface area contributed by atoms with E-state index in [9.17, 15) is 0 Å². The minimum Gasteiger partial charge on any atom is -0.319 e. The Morgan fingerprint density at radius 3 is 2.33 bits per heavy atom. The summed E-state index contributed by atoms with van der Waals surface area (Å²) < 4.78 is 1.92. The van der Waals surface area contributed by atoms with Crippen LogP contribution in [0.4, 0.5) is 0 Å². The van der Waals surface area contributed by atoms with Crippen molar-refractivity contribution in [2.45, 2.75) is 19.5 Å². The number of quaternary nitrogens is 1. The molecule has 0 bridgehead atoms. The van der Waals surface area contributed by atoms with Crippen LogP contribution in [0.2, 0.25) is 0 Å². The lowest BCUT2D eigenvalue weighted by Gasteiger charge is -2.15. The molecule has 1 N–H and O–H groups in total. The molecule has 24 heavy (non-hydrogen) atoms. The summed E-state index contributed by atoms with van der Waals surface area (Å²) in [5, 5.41) is 14.0. The van der Waals surface area contributed by atoms with Crippen LogP contribution >= 0.6 is 0 Å². The minimum absolute atomic E-state index is 0.0614. The highest BCUT2D eigenvalue weighted by Gasteiger charge is 2.18. The van der Waals surface area contributed by atoms with E-state index in [4.69, 9.17) is 10.4 Å². The zero-order valence-electron chi connectivity index (χ0n) is 14.0. The van der Waals surface area contributed by atoms with Crippen LogP contribution in [0.5, 0.6) is 0 Å². The SMILES string of the molecule is C[C@@H](C#N)[NH+](C)Cc1cn(-c2ccccc2)nc1-c1ccccc1. The smallest absolute Gasteiger partial charge is 0.172 e. The molecule has 0 fully saturated rings. The molecule has 0 saturated carbocycles. The van der Waals surface area contributed by atoms with Crippen LogP contribution in [0.3, 0.4) is 0 Å². The van der Waals surface area contributed by atoms with Crippen molar-refractivity contribution in [2.75, 3.05) is 7.05 Å². The summed E-state index contributed by atoms with van der Waals surface area (Å²) in [6.07, 6.45) is 2.07. The van der Waals surface area contributed by atoms with Gasteiger partial charge in [-0.2, -0.15) is 10.4 Å². The van der Waals surface area contributed by atoms with Crippen molar-refractivity contribution < 1.29 is 4.90 Å². The largest absolute Gasteiger partial charge is 0.319 e. The molecule has 1 aromatic heterocycles. The Labute approximate surface area is 142 Å². The molecule has 3 rings (SSSR count). The van der Waals surface area contributed by atoms with E-state index < -0.39 is 0 Å². The van der Waals surface area contributed by atoms with Gasteiger partial charge >= 0.3 is 0 Å². The zero-order chi connectivity index (χ0) is 16.9. The molecule has 2 aromatic carbocycles. The van der Waals surface area contributed by atoms with Crippen LogP contribution in [0.1, 0.15) is 12.5 Å². The van der Waals surface area contributed by atoms with Crippen molar-refractivity contribution in [1.82, 2.24) is 9.78 Å². The van der Waals surface area contributed by atoms with E-state index in [-0.39, 0.29) is 6.04 Å². The van der Waals surface area contributed by atoms with Gasteiger partial charge in [-0.15, -0.1) is 0 Å². The maximum atomic E-state index is 9.16. The van der Waals surface area contributed by atoms with E-state index in [0.717, 1.165) is 34.0 Å². The van der Waals surface area contributed by atoms with E-state index in [0.29, 0.717) is 0 Å². The van der Waals surface area contributed by atoms with Gasteiger partial charge in [0.05, 0.1) is 18.3 Å². The van der Waals surface area contributed by atoms with Gasteiger partial charge in [-0.1, -0.05) is 48.5 Å². The predicted molar refractivity (Wildman–Crippen MR) is 94.7 cm³/mol. The summed E-state index contributed by atoms with van der Waals surface area (Å²) in [6, 6.07) is 22.6. The predicted octanol–water partition coefficient (Wildman–Crippen LogP) is 2.47. The van der Waals surface area contributed by atoms with Crippen molar-refractivity contribution in [1.29, 1.82) is 5.26 Å². The van der Waals surface area contributed by atoms with E-state index in [1.165, 1.54) is 0 Å². The van der Waals surface area contributed by atoms with Gasteiger partial charge in [0.2, 0.25) is 0 Å². The lowest BCUT2D eigenvalue weighted by molar-refractivity contribution is -0.909. The first-order valence-corrected chi connectivity index (χ1v) is 8.10. The maximum Gasteiger partial charge on any atom is 0.172 e. The third-order valence-corrected chi connectivity index (χ3v) is 4.26. The number of hydrogen-bond donors (Lipinski definition) is 1. The topological polar surface area (TPSA) is 46.0 Å². The minimum atomic E-state index is -0.0614. The molecule has 0 spiro atoms. The van der Waals surface area contributed by atoms with Crippen LogP contribution < -0.4 is 4.90 Å². The lowest BCUT2D eigenvalue weighted by atomic mass is 10.1. The van der Waals surface area contributed by atoms with Crippen LogP contribution in [0.15, 0.2) is 66.9 Å². The van der Waals surface area contributed by atoms with Crippen LogP contribution in [0, 0.1) is 11.3 Å². The molecule has 0 aliphatic rings. The summed E-state index contributed by atoms with van der Waals surface area (Å²) in [6.45, 7) is 2.70. The first-order valence-electron chi connectivity index (χ1n) is 8.10. The van der Waals surface area contributed by atoms with E-state index in [1.807, 2.05) is 67.2 Å². The Bertz CT molecular complexity index is 831. The van der Waals surface area contributed by atoms with Gasteiger partial charge in [-0.05, 0) is 12.1 Å². The number of nitriles is 1. The molecule has 0 radical (unpaired) electrons. The molecule has 0 amide bonds. The van der Waals surface area contributed by atoms with E-state index >= 15 is 0 Å². The molecule has 4 heteroatoms. The molecule has 1 heterocycles. The van der Waals surface area contributed by atoms with Crippen LogP contribution in [-0.2, 0) is 6.54 Å². The Morgan fingerprint density at radius 2 is 1.71 bits per heavy atom. The Morgan fingerprint density at radius 1 is 1.08 bits per heavy atom. The van der Waals surface area contributed by atoms with Crippen LogP contribution in [-0.4, -0.2) is 22.9 Å². The second-order valence-electron chi connectivity index (χ2n) is 6.02. The summed E-state index contributed by atoms with van der Waals surface area (Å²) in [5.41, 5.74) is 4.25. The van der Waals surface area contributed by atoms with Gasteiger partial charge in [0.25, 0.3) is 0 Å². The molecule has 3 aromatic rings. The Hall–Kier alpha value is -2.90. The average Bonchev–Trinajstić information content (AvgIpc) is 3.06. The number of benzene rings is 2. The highest BCUT2D eigenvalue weighted by atomic mass is 15.3. The molecule has 0 saturated heterocycles. The number of nitrogens with zero attached hydrogens (tertiary/aromatic N) is 3. The summed E-state index contributed by atoms with van der Waals surface area (Å²) >= 11 is 0. The fraction of sp³-hybridized carbons (Fsp3) is 0.200. The highest BCUT2D eigenvalue weighted by Crippen LogP contribution is 2.23. The fourth-order valence-electron chi connectivity index (χ4n) is 2.65. The quantitative estimate of drug-likeness (QED) is 0.786. The fourth-order valence-corrected chi connectivity index (χ4v) is 2.65. The van der Waals surface area contributed by atoms with Gasteiger partial charge in [0.1, 0.15) is 18.3 Å². The summed E-state index contributed by atoms with van der Waals surface area (Å²) in [4.78, 5) is 1.15. The van der Waals surface area contributed by atoms with Gasteiger partial charge in [0, 0.05) is 18.7 Å². The summed E-state index contributed by atoms with van der Waals surface area (Å²) in [5.74, 6) is 0. The van der Waals surface area contributed by atoms with Crippen molar-refractivity contribution in [3.8, 4) is 23.0 Å².